The first-order chi connectivity index (χ1) is 7.20. The van der Waals surface area contributed by atoms with E-state index >= 15 is 0 Å². The average Bonchev–Trinajstić information content (AvgIpc) is 2.23. The fraction of sp³-hybridized carbons (Fsp3) is 0. The second-order valence-electron chi connectivity index (χ2n) is 2.94. The summed E-state index contributed by atoms with van der Waals surface area (Å²) in [5.41, 5.74) is 1.74. The van der Waals surface area contributed by atoms with Crippen molar-refractivity contribution in [2.24, 2.45) is 0 Å². The van der Waals surface area contributed by atoms with Gasteiger partial charge in [0, 0.05) is 15.3 Å². The summed E-state index contributed by atoms with van der Waals surface area (Å²) in [6.45, 7) is 0. The molecule has 0 saturated carbocycles. The van der Waals surface area contributed by atoms with E-state index in [4.69, 9.17) is 23.2 Å². The van der Waals surface area contributed by atoms with Crippen molar-refractivity contribution in [3.8, 4) is 11.3 Å². The van der Waals surface area contributed by atoms with Crippen LogP contribution >= 0.6 is 45.8 Å². The Bertz CT molecular complexity index is 500. The Morgan fingerprint density at radius 2 is 1.87 bits per heavy atom. The average molecular weight is 350 g/mol. The van der Waals surface area contributed by atoms with E-state index < -0.39 is 0 Å². The van der Waals surface area contributed by atoms with Gasteiger partial charge in [-0.25, -0.2) is 0 Å². The van der Waals surface area contributed by atoms with Crippen molar-refractivity contribution in [1.82, 2.24) is 4.98 Å². The Kier molecular flexibility index (Phi) is 3.49. The van der Waals surface area contributed by atoms with Gasteiger partial charge in [-0.15, -0.1) is 0 Å². The Labute approximate surface area is 112 Å². The third kappa shape index (κ3) is 2.27. The molecule has 2 rings (SSSR count). The van der Waals surface area contributed by atoms with E-state index in [0.717, 1.165) is 14.8 Å². The predicted molar refractivity (Wildman–Crippen MR) is 72.4 cm³/mol. The van der Waals surface area contributed by atoms with Crippen LogP contribution in [0.5, 0.6) is 0 Å². The monoisotopic (exact) mass is 349 g/mol. The van der Waals surface area contributed by atoms with Crippen LogP contribution in [0.1, 0.15) is 0 Å². The SMILES string of the molecule is Clc1cccc(-c2ncccc2I)c1Cl. The maximum Gasteiger partial charge on any atom is 0.0850 e. The molecule has 2 aromatic rings. The molecule has 0 radical (unpaired) electrons. The van der Waals surface area contributed by atoms with Crippen LogP contribution in [0.3, 0.4) is 0 Å². The van der Waals surface area contributed by atoms with E-state index in [1.807, 2.05) is 24.3 Å². The maximum absolute atomic E-state index is 6.12. The zero-order valence-corrected chi connectivity index (χ0v) is 11.2. The molecule has 0 amide bonds. The molecule has 1 aromatic carbocycles. The molecule has 15 heavy (non-hydrogen) atoms. The van der Waals surface area contributed by atoms with Crippen LogP contribution < -0.4 is 0 Å². The van der Waals surface area contributed by atoms with Crippen LogP contribution in [-0.2, 0) is 0 Å². The van der Waals surface area contributed by atoms with Crippen molar-refractivity contribution >= 4 is 45.8 Å². The van der Waals surface area contributed by atoms with Crippen molar-refractivity contribution < 1.29 is 0 Å². The van der Waals surface area contributed by atoms with Crippen LogP contribution in [-0.4, -0.2) is 4.98 Å². The molecule has 0 aliphatic heterocycles. The predicted octanol–water partition coefficient (Wildman–Crippen LogP) is 4.66. The lowest BCUT2D eigenvalue weighted by Crippen LogP contribution is -1.88. The summed E-state index contributed by atoms with van der Waals surface area (Å²) in [4.78, 5) is 4.30. The first-order valence-electron chi connectivity index (χ1n) is 4.25. The summed E-state index contributed by atoms with van der Waals surface area (Å²) in [6.07, 6.45) is 1.74. The smallest absolute Gasteiger partial charge is 0.0850 e. The minimum Gasteiger partial charge on any atom is -0.255 e. The third-order valence-electron chi connectivity index (χ3n) is 1.97. The minimum absolute atomic E-state index is 0.551. The highest BCUT2D eigenvalue weighted by Gasteiger charge is 2.10. The Morgan fingerprint density at radius 3 is 2.60 bits per heavy atom. The lowest BCUT2D eigenvalue weighted by molar-refractivity contribution is 1.31. The second-order valence-corrected chi connectivity index (χ2v) is 4.88. The topological polar surface area (TPSA) is 12.9 Å². The molecule has 0 unspecified atom stereocenters. The van der Waals surface area contributed by atoms with Gasteiger partial charge in [-0.1, -0.05) is 35.3 Å². The summed E-state index contributed by atoms with van der Waals surface area (Å²) >= 11 is 14.3. The number of hydrogen-bond acceptors (Lipinski definition) is 1. The van der Waals surface area contributed by atoms with Crippen molar-refractivity contribution in [1.29, 1.82) is 0 Å². The van der Waals surface area contributed by atoms with Gasteiger partial charge in [-0.05, 0) is 40.8 Å². The summed E-state index contributed by atoms with van der Waals surface area (Å²) in [5, 5.41) is 1.10. The molecule has 0 fully saturated rings. The number of rotatable bonds is 1. The van der Waals surface area contributed by atoms with Gasteiger partial charge in [0.15, 0.2) is 0 Å². The van der Waals surface area contributed by atoms with Gasteiger partial charge >= 0.3 is 0 Å². The molecule has 0 N–H and O–H groups in total. The van der Waals surface area contributed by atoms with Gasteiger partial charge in [0.1, 0.15) is 0 Å². The maximum atomic E-state index is 6.12. The van der Waals surface area contributed by atoms with Crippen LogP contribution in [0.25, 0.3) is 11.3 Å². The van der Waals surface area contributed by atoms with Gasteiger partial charge in [0.25, 0.3) is 0 Å². The van der Waals surface area contributed by atoms with Gasteiger partial charge in [-0.3, -0.25) is 4.98 Å². The Morgan fingerprint density at radius 1 is 1.07 bits per heavy atom. The van der Waals surface area contributed by atoms with Gasteiger partial charge < -0.3 is 0 Å². The van der Waals surface area contributed by atoms with Crippen LogP contribution in [0.2, 0.25) is 10.0 Å². The minimum atomic E-state index is 0.551. The molecule has 0 bridgehead atoms. The fourth-order valence-corrected chi connectivity index (χ4v) is 2.30. The largest absolute Gasteiger partial charge is 0.255 e. The molecule has 4 heteroatoms. The Balaban J connectivity index is 2.65. The molecule has 0 saturated heterocycles. The van der Waals surface area contributed by atoms with Gasteiger partial charge in [0.2, 0.25) is 0 Å². The quantitative estimate of drug-likeness (QED) is 0.682. The number of pyridine rings is 1. The molecule has 1 nitrogen and oxygen atoms in total. The van der Waals surface area contributed by atoms with Crippen molar-refractivity contribution in [3.63, 3.8) is 0 Å². The molecule has 1 heterocycles. The molecule has 0 spiro atoms. The molecule has 0 aliphatic carbocycles. The highest BCUT2D eigenvalue weighted by molar-refractivity contribution is 14.1. The summed E-state index contributed by atoms with van der Waals surface area (Å²) in [5.74, 6) is 0. The summed E-state index contributed by atoms with van der Waals surface area (Å²) < 4.78 is 1.05. The summed E-state index contributed by atoms with van der Waals surface area (Å²) in [6, 6.07) is 9.43. The molecule has 0 atom stereocenters. The van der Waals surface area contributed by atoms with Gasteiger partial charge in [-0.2, -0.15) is 0 Å². The van der Waals surface area contributed by atoms with Crippen molar-refractivity contribution in [2.75, 3.05) is 0 Å². The number of hydrogen-bond donors (Lipinski definition) is 0. The third-order valence-corrected chi connectivity index (χ3v) is 3.65. The Hall–Kier alpha value is -0.320. The van der Waals surface area contributed by atoms with E-state index in [-0.39, 0.29) is 0 Å². The van der Waals surface area contributed by atoms with E-state index in [0.29, 0.717) is 10.0 Å². The van der Waals surface area contributed by atoms with Crippen molar-refractivity contribution in [3.05, 3.63) is 50.1 Å². The highest BCUT2D eigenvalue weighted by Crippen LogP contribution is 2.34. The molecular weight excluding hydrogens is 344 g/mol. The first kappa shape index (κ1) is 11.2. The fourth-order valence-electron chi connectivity index (χ4n) is 1.27. The standard InChI is InChI=1S/C11H6Cl2IN/c12-8-4-1-3-7(10(8)13)11-9(14)5-2-6-15-11/h1-6H. The van der Waals surface area contributed by atoms with Crippen molar-refractivity contribution in [2.45, 2.75) is 0 Å². The summed E-state index contributed by atoms with van der Waals surface area (Å²) in [7, 11) is 0. The zero-order valence-electron chi connectivity index (χ0n) is 7.55. The second kappa shape index (κ2) is 4.68. The van der Waals surface area contributed by atoms with Crippen LogP contribution in [0.15, 0.2) is 36.5 Å². The van der Waals surface area contributed by atoms with E-state index in [9.17, 15) is 0 Å². The zero-order chi connectivity index (χ0) is 10.8. The number of halogens is 3. The number of benzene rings is 1. The van der Waals surface area contributed by atoms with Crippen LogP contribution in [0, 0.1) is 3.57 Å². The molecule has 76 valence electrons. The van der Waals surface area contributed by atoms with E-state index in [1.165, 1.54) is 0 Å². The molecule has 1 aromatic heterocycles. The van der Waals surface area contributed by atoms with Crippen LogP contribution in [0.4, 0.5) is 0 Å². The highest BCUT2D eigenvalue weighted by atomic mass is 127. The number of aromatic nitrogens is 1. The lowest BCUT2D eigenvalue weighted by Gasteiger charge is -2.06. The van der Waals surface area contributed by atoms with Gasteiger partial charge in [0.05, 0.1) is 15.7 Å². The number of nitrogens with zero attached hydrogens (tertiary/aromatic N) is 1. The lowest BCUT2D eigenvalue weighted by atomic mass is 10.1. The van der Waals surface area contributed by atoms with E-state index in [2.05, 4.69) is 27.6 Å². The molecule has 0 aliphatic rings. The first-order valence-corrected chi connectivity index (χ1v) is 6.08. The normalized spacial score (nSPS) is 10.3. The molecular formula is C11H6Cl2IN. The van der Waals surface area contributed by atoms with E-state index in [1.54, 1.807) is 12.3 Å².